The summed E-state index contributed by atoms with van der Waals surface area (Å²) in [7, 11) is -2.11. The molecule has 0 radical (unpaired) electrons. The van der Waals surface area contributed by atoms with Crippen molar-refractivity contribution in [3.8, 4) is 0 Å². The van der Waals surface area contributed by atoms with E-state index in [9.17, 15) is 4.57 Å². The van der Waals surface area contributed by atoms with E-state index in [4.69, 9.17) is 0 Å². The molecule has 1 atom stereocenters. The fourth-order valence-corrected chi connectivity index (χ4v) is 2.70. The topological polar surface area (TPSA) is 29.1 Å². The summed E-state index contributed by atoms with van der Waals surface area (Å²) in [4.78, 5) is 0. The van der Waals surface area contributed by atoms with E-state index in [2.05, 4.69) is 24.1 Å². The van der Waals surface area contributed by atoms with Gasteiger partial charge < -0.3 is 4.57 Å². The number of hydrogen-bond donors (Lipinski definition) is 1. The fraction of sp³-hybridized carbons (Fsp3) is 0.455. The van der Waals surface area contributed by atoms with Crippen molar-refractivity contribution in [3.63, 3.8) is 0 Å². The van der Waals surface area contributed by atoms with Gasteiger partial charge in [-0.3, -0.25) is 5.09 Å². The highest BCUT2D eigenvalue weighted by Gasteiger charge is 2.11. The minimum atomic E-state index is -2.11. The van der Waals surface area contributed by atoms with Gasteiger partial charge in [0.2, 0.25) is 0 Å². The van der Waals surface area contributed by atoms with Gasteiger partial charge in [0, 0.05) is 19.4 Å². The van der Waals surface area contributed by atoms with Crippen LogP contribution in [0, 0.1) is 0 Å². The molecule has 2 nitrogen and oxygen atoms in total. The second-order valence-electron chi connectivity index (χ2n) is 4.07. The van der Waals surface area contributed by atoms with E-state index in [1.165, 1.54) is 5.56 Å². The Kier molecular flexibility index (Phi) is 3.91. The van der Waals surface area contributed by atoms with Crippen molar-refractivity contribution >= 4 is 7.29 Å². The molecule has 0 amide bonds. The van der Waals surface area contributed by atoms with Gasteiger partial charge in [0.25, 0.3) is 0 Å². The molecule has 1 unspecified atom stereocenters. The summed E-state index contributed by atoms with van der Waals surface area (Å²) in [5.74, 6) is 0. The monoisotopic (exact) mass is 211 g/mol. The fourth-order valence-electron chi connectivity index (χ4n) is 1.54. The zero-order valence-corrected chi connectivity index (χ0v) is 9.92. The summed E-state index contributed by atoms with van der Waals surface area (Å²) >= 11 is 0. The predicted molar refractivity (Wildman–Crippen MR) is 62.2 cm³/mol. The number of hydrogen-bond acceptors (Lipinski definition) is 1. The van der Waals surface area contributed by atoms with E-state index >= 15 is 0 Å². The molecule has 0 fully saturated rings. The molecule has 1 aromatic rings. The Balaban J connectivity index is 2.50. The Bertz CT molecular complexity index is 317. The number of nitrogens with one attached hydrogen (secondary N) is 1. The molecule has 1 N–H and O–H groups in total. The lowest BCUT2D eigenvalue weighted by atomic mass is 10.1. The molecule has 0 bridgehead atoms. The van der Waals surface area contributed by atoms with E-state index in [1.54, 1.807) is 13.3 Å². The SMILES string of the molecule is CC(Cc1ccccc1)NP(C)(C)=O. The van der Waals surface area contributed by atoms with Crippen LogP contribution < -0.4 is 5.09 Å². The van der Waals surface area contributed by atoms with Gasteiger partial charge in [0.1, 0.15) is 7.29 Å². The van der Waals surface area contributed by atoms with Gasteiger partial charge in [0.05, 0.1) is 0 Å². The lowest BCUT2D eigenvalue weighted by molar-refractivity contribution is 0.557. The standard InChI is InChI=1S/C11H18NOP/c1-10(12-14(2,3)13)9-11-7-5-4-6-8-11/h4-8,10H,9H2,1-3H3,(H,12,13). The Morgan fingerprint density at radius 3 is 2.36 bits per heavy atom. The lowest BCUT2D eigenvalue weighted by Gasteiger charge is -2.17. The van der Waals surface area contributed by atoms with Crippen LogP contribution in [0.3, 0.4) is 0 Å². The van der Waals surface area contributed by atoms with Gasteiger partial charge in [0.15, 0.2) is 0 Å². The van der Waals surface area contributed by atoms with E-state index in [0.717, 1.165) is 6.42 Å². The van der Waals surface area contributed by atoms with Crippen LogP contribution in [-0.4, -0.2) is 19.4 Å². The Labute approximate surface area is 86.2 Å². The molecule has 0 aliphatic heterocycles. The molecule has 0 spiro atoms. The maximum absolute atomic E-state index is 11.5. The van der Waals surface area contributed by atoms with Crippen LogP contribution in [0.4, 0.5) is 0 Å². The second-order valence-corrected chi connectivity index (χ2v) is 7.03. The van der Waals surface area contributed by atoms with Crippen molar-refractivity contribution in [3.05, 3.63) is 35.9 Å². The molecule has 0 heterocycles. The van der Waals surface area contributed by atoms with Crippen molar-refractivity contribution in [2.75, 3.05) is 13.3 Å². The molecular weight excluding hydrogens is 193 g/mol. The molecule has 78 valence electrons. The first-order valence-electron chi connectivity index (χ1n) is 4.84. The first-order chi connectivity index (χ1) is 6.47. The van der Waals surface area contributed by atoms with E-state index in [0.29, 0.717) is 0 Å². The largest absolute Gasteiger partial charge is 0.307 e. The molecule has 14 heavy (non-hydrogen) atoms. The van der Waals surface area contributed by atoms with Crippen LogP contribution in [0.25, 0.3) is 0 Å². The Morgan fingerprint density at radius 1 is 1.29 bits per heavy atom. The van der Waals surface area contributed by atoms with Crippen LogP contribution in [0.15, 0.2) is 30.3 Å². The third kappa shape index (κ3) is 4.59. The summed E-state index contributed by atoms with van der Waals surface area (Å²) in [5, 5.41) is 3.12. The van der Waals surface area contributed by atoms with Gasteiger partial charge in [-0.25, -0.2) is 0 Å². The molecule has 0 aliphatic carbocycles. The Morgan fingerprint density at radius 2 is 1.86 bits per heavy atom. The summed E-state index contributed by atoms with van der Waals surface area (Å²) < 4.78 is 11.5. The minimum absolute atomic E-state index is 0.262. The van der Waals surface area contributed by atoms with Crippen molar-refractivity contribution in [1.29, 1.82) is 0 Å². The van der Waals surface area contributed by atoms with Gasteiger partial charge in [-0.15, -0.1) is 0 Å². The Hall–Kier alpha value is -0.590. The summed E-state index contributed by atoms with van der Waals surface area (Å²) in [6, 6.07) is 10.5. The van der Waals surface area contributed by atoms with Crippen molar-refractivity contribution in [2.45, 2.75) is 19.4 Å². The van der Waals surface area contributed by atoms with Gasteiger partial charge in [-0.1, -0.05) is 30.3 Å². The van der Waals surface area contributed by atoms with Crippen LogP contribution in [-0.2, 0) is 11.0 Å². The molecule has 0 saturated heterocycles. The summed E-state index contributed by atoms with van der Waals surface area (Å²) in [6.45, 7) is 5.58. The highest BCUT2D eigenvalue weighted by molar-refractivity contribution is 7.60. The zero-order chi connectivity index (χ0) is 10.6. The van der Waals surface area contributed by atoms with Crippen molar-refractivity contribution in [2.24, 2.45) is 0 Å². The van der Waals surface area contributed by atoms with Gasteiger partial charge in [-0.2, -0.15) is 0 Å². The molecular formula is C11H18NOP. The smallest absolute Gasteiger partial charge is 0.142 e. The van der Waals surface area contributed by atoms with Crippen LogP contribution in [0.1, 0.15) is 12.5 Å². The maximum Gasteiger partial charge on any atom is 0.142 e. The quantitative estimate of drug-likeness (QED) is 0.776. The van der Waals surface area contributed by atoms with Gasteiger partial charge in [-0.05, 0) is 18.9 Å². The molecule has 3 heteroatoms. The summed E-state index contributed by atoms with van der Waals surface area (Å²) in [6.07, 6.45) is 0.923. The highest BCUT2D eigenvalue weighted by Crippen LogP contribution is 2.30. The second kappa shape index (κ2) is 4.77. The average Bonchev–Trinajstić information content (AvgIpc) is 2.02. The van der Waals surface area contributed by atoms with Crippen LogP contribution in [0.5, 0.6) is 0 Å². The van der Waals surface area contributed by atoms with E-state index < -0.39 is 7.29 Å². The first-order valence-corrected chi connectivity index (χ1v) is 7.44. The maximum atomic E-state index is 11.5. The zero-order valence-electron chi connectivity index (χ0n) is 9.03. The minimum Gasteiger partial charge on any atom is -0.307 e. The summed E-state index contributed by atoms with van der Waals surface area (Å²) in [5.41, 5.74) is 1.28. The highest BCUT2D eigenvalue weighted by atomic mass is 31.2. The number of rotatable bonds is 4. The molecule has 1 rings (SSSR count). The molecule has 1 aromatic carbocycles. The molecule has 0 saturated carbocycles. The van der Waals surface area contributed by atoms with Crippen molar-refractivity contribution < 1.29 is 4.57 Å². The molecule has 0 aromatic heterocycles. The lowest BCUT2D eigenvalue weighted by Crippen LogP contribution is -2.24. The average molecular weight is 211 g/mol. The van der Waals surface area contributed by atoms with Crippen LogP contribution in [0.2, 0.25) is 0 Å². The van der Waals surface area contributed by atoms with Crippen LogP contribution >= 0.6 is 7.29 Å². The van der Waals surface area contributed by atoms with Gasteiger partial charge >= 0.3 is 0 Å². The first kappa shape index (κ1) is 11.5. The molecule has 0 aliphatic rings. The number of benzene rings is 1. The van der Waals surface area contributed by atoms with E-state index in [1.807, 2.05) is 18.2 Å². The normalized spacial score (nSPS) is 13.9. The van der Waals surface area contributed by atoms with Crippen molar-refractivity contribution in [1.82, 2.24) is 5.09 Å². The predicted octanol–water partition coefficient (Wildman–Crippen LogP) is 2.74. The third-order valence-electron chi connectivity index (χ3n) is 1.92. The van der Waals surface area contributed by atoms with E-state index in [-0.39, 0.29) is 6.04 Å². The third-order valence-corrected chi connectivity index (χ3v) is 2.98.